The van der Waals surface area contributed by atoms with Crippen molar-refractivity contribution in [3.05, 3.63) is 30.0 Å². The fraction of sp³-hybridized carbons (Fsp3) is 0.571. The molecule has 1 aromatic carbocycles. The molecule has 6 nitrogen and oxygen atoms in total. The Morgan fingerprint density at radius 1 is 1.37 bits per heavy atom. The lowest BCUT2D eigenvalue weighted by Gasteiger charge is -2.43. The molecule has 146 valence electrons. The summed E-state index contributed by atoms with van der Waals surface area (Å²) in [6.07, 6.45) is 3.27. The number of carbonyl (C=O) groups excluding carboxylic acids is 1. The van der Waals surface area contributed by atoms with Crippen LogP contribution < -0.4 is 10.1 Å². The smallest absolute Gasteiger partial charge is 0.217 e. The SMILES string of the molecule is COc1cccc2cc(CN3CC(NC(C)=O)CC34CCN(C)CC4)oc12. The number of ether oxygens (including phenoxy) is 1. The van der Waals surface area contributed by atoms with Gasteiger partial charge in [-0.05, 0) is 51.5 Å². The molecule has 0 aliphatic carbocycles. The summed E-state index contributed by atoms with van der Waals surface area (Å²) in [4.78, 5) is 16.5. The van der Waals surface area contributed by atoms with Gasteiger partial charge in [-0.25, -0.2) is 0 Å². The van der Waals surface area contributed by atoms with Gasteiger partial charge in [0.2, 0.25) is 5.91 Å². The zero-order valence-corrected chi connectivity index (χ0v) is 16.5. The highest BCUT2D eigenvalue weighted by Crippen LogP contribution is 2.40. The molecular weight excluding hydrogens is 342 g/mol. The first-order valence-corrected chi connectivity index (χ1v) is 9.75. The summed E-state index contributed by atoms with van der Waals surface area (Å²) in [5.74, 6) is 1.78. The molecule has 2 aliphatic rings. The van der Waals surface area contributed by atoms with Crippen molar-refractivity contribution in [2.24, 2.45) is 0 Å². The second-order valence-corrected chi connectivity index (χ2v) is 8.10. The van der Waals surface area contributed by atoms with E-state index in [9.17, 15) is 4.79 Å². The van der Waals surface area contributed by atoms with E-state index in [4.69, 9.17) is 9.15 Å². The maximum Gasteiger partial charge on any atom is 0.217 e. The predicted molar refractivity (Wildman–Crippen MR) is 105 cm³/mol. The lowest BCUT2D eigenvalue weighted by atomic mass is 9.84. The zero-order chi connectivity index (χ0) is 19.0. The number of furan rings is 1. The second kappa shape index (κ2) is 7.17. The minimum Gasteiger partial charge on any atom is -0.493 e. The van der Waals surface area contributed by atoms with E-state index in [0.717, 1.165) is 67.9 Å². The number of rotatable bonds is 4. The third kappa shape index (κ3) is 3.56. The van der Waals surface area contributed by atoms with E-state index in [-0.39, 0.29) is 17.5 Å². The molecule has 2 saturated heterocycles. The molecule has 2 aliphatic heterocycles. The van der Waals surface area contributed by atoms with Crippen LogP contribution in [0.1, 0.15) is 31.9 Å². The van der Waals surface area contributed by atoms with E-state index >= 15 is 0 Å². The fourth-order valence-electron chi connectivity index (χ4n) is 4.80. The number of likely N-dealkylation sites (tertiary alicyclic amines) is 2. The van der Waals surface area contributed by atoms with Crippen molar-refractivity contribution in [2.75, 3.05) is 33.8 Å². The van der Waals surface area contributed by atoms with Crippen LogP contribution in [-0.4, -0.2) is 61.1 Å². The molecule has 1 atom stereocenters. The number of hydrogen-bond donors (Lipinski definition) is 1. The van der Waals surface area contributed by atoms with E-state index < -0.39 is 0 Å². The Kier molecular flexibility index (Phi) is 4.86. The molecule has 1 N–H and O–H groups in total. The molecule has 1 spiro atoms. The van der Waals surface area contributed by atoms with Crippen LogP contribution in [0.25, 0.3) is 11.0 Å². The van der Waals surface area contributed by atoms with Crippen molar-refractivity contribution < 1.29 is 13.9 Å². The van der Waals surface area contributed by atoms with Gasteiger partial charge >= 0.3 is 0 Å². The number of carbonyl (C=O) groups is 1. The molecule has 1 aromatic heterocycles. The number of fused-ring (bicyclic) bond motifs is 1. The number of para-hydroxylation sites is 1. The van der Waals surface area contributed by atoms with Crippen LogP contribution in [0.15, 0.2) is 28.7 Å². The number of piperidine rings is 1. The molecule has 0 bridgehead atoms. The predicted octanol–water partition coefficient (Wildman–Crippen LogP) is 2.62. The van der Waals surface area contributed by atoms with Crippen molar-refractivity contribution in [2.45, 2.75) is 44.3 Å². The Morgan fingerprint density at radius 3 is 2.85 bits per heavy atom. The van der Waals surface area contributed by atoms with Gasteiger partial charge in [0.1, 0.15) is 5.76 Å². The molecule has 4 rings (SSSR count). The molecule has 1 amide bonds. The second-order valence-electron chi connectivity index (χ2n) is 8.10. The monoisotopic (exact) mass is 371 g/mol. The van der Waals surface area contributed by atoms with E-state index in [0.29, 0.717) is 0 Å². The summed E-state index contributed by atoms with van der Waals surface area (Å²) < 4.78 is 11.6. The molecule has 27 heavy (non-hydrogen) atoms. The molecule has 2 aromatic rings. The van der Waals surface area contributed by atoms with Crippen LogP contribution >= 0.6 is 0 Å². The van der Waals surface area contributed by atoms with Crippen LogP contribution in [0.4, 0.5) is 0 Å². The molecule has 6 heteroatoms. The van der Waals surface area contributed by atoms with Crippen LogP contribution in [-0.2, 0) is 11.3 Å². The van der Waals surface area contributed by atoms with Crippen molar-refractivity contribution in [3.63, 3.8) is 0 Å². The lowest BCUT2D eigenvalue weighted by Crippen LogP contribution is -2.50. The van der Waals surface area contributed by atoms with Gasteiger partial charge < -0.3 is 19.4 Å². The highest BCUT2D eigenvalue weighted by Gasteiger charge is 2.47. The number of nitrogens with one attached hydrogen (secondary N) is 1. The first kappa shape index (κ1) is 18.3. The van der Waals surface area contributed by atoms with E-state index in [1.807, 2.05) is 12.1 Å². The zero-order valence-electron chi connectivity index (χ0n) is 16.5. The van der Waals surface area contributed by atoms with Crippen molar-refractivity contribution in [1.82, 2.24) is 15.1 Å². The minimum absolute atomic E-state index is 0.0541. The molecule has 0 radical (unpaired) electrons. The first-order valence-electron chi connectivity index (χ1n) is 9.75. The number of hydrogen-bond acceptors (Lipinski definition) is 5. The normalized spacial score (nSPS) is 23.1. The Bertz CT molecular complexity index is 823. The largest absolute Gasteiger partial charge is 0.493 e. The third-order valence-corrected chi connectivity index (χ3v) is 6.19. The Morgan fingerprint density at radius 2 is 2.15 bits per heavy atom. The van der Waals surface area contributed by atoms with Crippen molar-refractivity contribution >= 4 is 16.9 Å². The third-order valence-electron chi connectivity index (χ3n) is 6.19. The van der Waals surface area contributed by atoms with Gasteiger partial charge in [0.15, 0.2) is 11.3 Å². The first-order chi connectivity index (χ1) is 13.0. The van der Waals surface area contributed by atoms with Gasteiger partial charge in [-0.1, -0.05) is 12.1 Å². The lowest BCUT2D eigenvalue weighted by molar-refractivity contribution is -0.119. The summed E-state index contributed by atoms with van der Waals surface area (Å²) in [6.45, 7) is 5.43. The highest BCUT2D eigenvalue weighted by atomic mass is 16.5. The van der Waals surface area contributed by atoms with Gasteiger partial charge in [0, 0.05) is 30.4 Å². The summed E-state index contributed by atoms with van der Waals surface area (Å²) >= 11 is 0. The summed E-state index contributed by atoms with van der Waals surface area (Å²) in [5, 5.41) is 4.21. The van der Waals surface area contributed by atoms with E-state index in [2.05, 4.69) is 34.3 Å². The maximum absolute atomic E-state index is 11.6. The number of nitrogens with zero attached hydrogens (tertiary/aromatic N) is 2. The average molecular weight is 371 g/mol. The minimum atomic E-state index is 0.0541. The van der Waals surface area contributed by atoms with Crippen LogP contribution in [0.5, 0.6) is 5.75 Å². The van der Waals surface area contributed by atoms with Gasteiger partial charge in [-0.2, -0.15) is 0 Å². The van der Waals surface area contributed by atoms with Gasteiger partial charge in [-0.15, -0.1) is 0 Å². The number of amides is 1. The molecule has 1 unspecified atom stereocenters. The Hall–Kier alpha value is -2.05. The quantitative estimate of drug-likeness (QED) is 0.895. The van der Waals surface area contributed by atoms with Gasteiger partial charge in [0.05, 0.1) is 13.7 Å². The number of benzene rings is 1. The maximum atomic E-state index is 11.6. The standard InChI is InChI=1S/C21H29N3O3/c1-15(25)22-17-12-21(7-9-23(2)10-8-21)24(13-17)14-18-11-16-5-4-6-19(26-3)20(16)27-18/h4-6,11,17H,7-10,12-14H2,1-3H3,(H,22,25). The topological polar surface area (TPSA) is 58.0 Å². The molecule has 2 fully saturated rings. The summed E-state index contributed by atoms with van der Waals surface area (Å²) in [7, 11) is 3.85. The fourth-order valence-corrected chi connectivity index (χ4v) is 4.80. The highest BCUT2D eigenvalue weighted by molar-refractivity contribution is 5.83. The van der Waals surface area contributed by atoms with Crippen LogP contribution in [0, 0.1) is 0 Å². The average Bonchev–Trinajstić information content (AvgIpc) is 3.18. The van der Waals surface area contributed by atoms with Gasteiger partial charge in [0.25, 0.3) is 0 Å². The Labute approximate surface area is 160 Å². The van der Waals surface area contributed by atoms with Crippen LogP contribution in [0.3, 0.4) is 0 Å². The summed E-state index contributed by atoms with van der Waals surface area (Å²) in [6, 6.07) is 8.30. The number of methoxy groups -OCH3 is 1. The van der Waals surface area contributed by atoms with E-state index in [1.165, 1.54) is 0 Å². The van der Waals surface area contributed by atoms with E-state index in [1.54, 1.807) is 14.0 Å². The summed E-state index contributed by atoms with van der Waals surface area (Å²) in [5.41, 5.74) is 0.952. The Balaban J connectivity index is 1.59. The van der Waals surface area contributed by atoms with Crippen molar-refractivity contribution in [1.29, 1.82) is 0 Å². The van der Waals surface area contributed by atoms with Crippen LogP contribution in [0.2, 0.25) is 0 Å². The molecular formula is C21H29N3O3. The van der Waals surface area contributed by atoms with Crippen molar-refractivity contribution in [3.8, 4) is 5.75 Å². The van der Waals surface area contributed by atoms with Gasteiger partial charge in [-0.3, -0.25) is 9.69 Å². The molecule has 3 heterocycles. The molecule has 0 saturated carbocycles.